The second kappa shape index (κ2) is 4.73. The van der Waals surface area contributed by atoms with Crippen LogP contribution < -0.4 is 5.32 Å². The van der Waals surface area contributed by atoms with Gasteiger partial charge in [0.2, 0.25) is 0 Å². The van der Waals surface area contributed by atoms with E-state index in [4.69, 9.17) is 0 Å². The molecule has 3 rings (SSSR count). The fraction of sp³-hybridized carbons (Fsp3) is 0.250. The van der Waals surface area contributed by atoms with Crippen molar-refractivity contribution in [3.8, 4) is 0 Å². The van der Waals surface area contributed by atoms with Gasteiger partial charge in [0, 0.05) is 23.5 Å². The summed E-state index contributed by atoms with van der Waals surface area (Å²) in [4.78, 5) is 0. The van der Waals surface area contributed by atoms with Crippen molar-refractivity contribution < 1.29 is 0 Å². The molecule has 3 aromatic rings. The first-order chi connectivity index (χ1) is 8.88. The minimum absolute atomic E-state index is 0.645. The molecule has 0 aliphatic carbocycles. The maximum Gasteiger partial charge on any atom is 0.135 e. The van der Waals surface area contributed by atoms with Crippen molar-refractivity contribution >= 4 is 27.4 Å². The van der Waals surface area contributed by atoms with Crippen molar-refractivity contribution in [2.45, 2.75) is 13.5 Å². The van der Waals surface area contributed by atoms with E-state index in [1.54, 1.807) is 0 Å². The highest BCUT2D eigenvalue weighted by atomic mass is 32.1. The third-order valence-corrected chi connectivity index (χ3v) is 3.47. The lowest BCUT2D eigenvalue weighted by Crippen LogP contribution is -2.05. The highest BCUT2D eigenvalue weighted by Gasteiger charge is 2.10. The molecule has 2 aromatic heterocycles. The van der Waals surface area contributed by atoms with Gasteiger partial charge in [-0.25, -0.2) is 0 Å². The lowest BCUT2D eigenvalue weighted by Gasteiger charge is -2.03. The summed E-state index contributed by atoms with van der Waals surface area (Å²) in [6, 6.07) is 8.16. The molecule has 0 radical (unpaired) electrons. The smallest absolute Gasteiger partial charge is 0.135 e. The summed E-state index contributed by atoms with van der Waals surface area (Å²) in [6.45, 7) is 3.58. The second-order valence-electron chi connectivity index (χ2n) is 3.94. The van der Waals surface area contributed by atoms with Gasteiger partial charge in [-0.3, -0.25) is 4.68 Å². The van der Waals surface area contributed by atoms with E-state index in [0.717, 1.165) is 28.1 Å². The molecular weight excluding hydrogens is 246 g/mol. The van der Waals surface area contributed by atoms with E-state index in [9.17, 15) is 0 Å². The van der Waals surface area contributed by atoms with E-state index in [1.807, 2.05) is 23.0 Å². The zero-order valence-electron chi connectivity index (χ0n) is 10.00. The molecule has 6 heteroatoms. The normalized spacial score (nSPS) is 10.9. The summed E-state index contributed by atoms with van der Waals surface area (Å²) in [7, 11) is 0. The minimum Gasteiger partial charge on any atom is -0.374 e. The standard InChI is InChI=1S/C12H13N5S/c1-2-13-12-10(15-16-18-12)8-17-11-6-4-3-5-9(11)7-14-17/h3-7,13H,2,8H2,1H3. The molecule has 0 aliphatic rings. The third-order valence-electron chi connectivity index (χ3n) is 2.74. The molecular formula is C12H13N5S. The van der Waals surface area contributed by atoms with Gasteiger partial charge in [0.25, 0.3) is 0 Å². The molecule has 0 unspecified atom stereocenters. The van der Waals surface area contributed by atoms with Crippen LogP contribution in [0.1, 0.15) is 12.6 Å². The van der Waals surface area contributed by atoms with Crippen LogP contribution in [0.5, 0.6) is 0 Å². The number of rotatable bonds is 4. The van der Waals surface area contributed by atoms with Crippen LogP contribution in [-0.4, -0.2) is 25.9 Å². The average molecular weight is 259 g/mol. The lowest BCUT2D eigenvalue weighted by atomic mass is 10.2. The van der Waals surface area contributed by atoms with E-state index in [0.29, 0.717) is 6.54 Å². The number of fused-ring (bicyclic) bond motifs is 1. The summed E-state index contributed by atoms with van der Waals surface area (Å²) in [5, 5.41) is 14.0. The highest BCUT2D eigenvalue weighted by Crippen LogP contribution is 2.20. The molecule has 2 heterocycles. The summed E-state index contributed by atoms with van der Waals surface area (Å²) < 4.78 is 5.94. The predicted molar refractivity (Wildman–Crippen MR) is 72.9 cm³/mol. The fourth-order valence-corrected chi connectivity index (χ4v) is 2.54. The number of nitrogens with one attached hydrogen (secondary N) is 1. The summed E-state index contributed by atoms with van der Waals surface area (Å²) in [6.07, 6.45) is 1.88. The SMILES string of the molecule is CCNc1snnc1Cn1ncc2ccccc21. The maximum absolute atomic E-state index is 4.40. The molecule has 92 valence electrons. The van der Waals surface area contributed by atoms with Gasteiger partial charge in [0.05, 0.1) is 18.3 Å². The first-order valence-corrected chi connectivity index (χ1v) is 6.61. The van der Waals surface area contributed by atoms with Crippen molar-refractivity contribution in [3.05, 3.63) is 36.2 Å². The number of anilines is 1. The number of para-hydroxylation sites is 1. The van der Waals surface area contributed by atoms with Crippen LogP contribution in [0.15, 0.2) is 30.5 Å². The molecule has 5 nitrogen and oxygen atoms in total. The van der Waals surface area contributed by atoms with Crippen molar-refractivity contribution in [1.29, 1.82) is 0 Å². The van der Waals surface area contributed by atoms with Crippen molar-refractivity contribution in [2.75, 3.05) is 11.9 Å². The number of benzene rings is 1. The molecule has 0 saturated carbocycles. The van der Waals surface area contributed by atoms with Crippen LogP contribution in [-0.2, 0) is 6.54 Å². The Morgan fingerprint density at radius 3 is 3.11 bits per heavy atom. The van der Waals surface area contributed by atoms with Crippen molar-refractivity contribution in [1.82, 2.24) is 19.4 Å². The average Bonchev–Trinajstić information content (AvgIpc) is 2.99. The first kappa shape index (κ1) is 11.2. The van der Waals surface area contributed by atoms with E-state index in [1.165, 1.54) is 11.5 Å². The van der Waals surface area contributed by atoms with Crippen LogP contribution in [0, 0.1) is 0 Å². The Hall–Kier alpha value is -1.95. The van der Waals surface area contributed by atoms with Gasteiger partial charge in [0.1, 0.15) is 10.7 Å². The Labute approximate surface area is 109 Å². The van der Waals surface area contributed by atoms with Crippen LogP contribution in [0.25, 0.3) is 10.9 Å². The van der Waals surface area contributed by atoms with Crippen molar-refractivity contribution in [3.63, 3.8) is 0 Å². The van der Waals surface area contributed by atoms with Gasteiger partial charge < -0.3 is 5.32 Å². The maximum atomic E-state index is 4.40. The Morgan fingerprint density at radius 2 is 2.22 bits per heavy atom. The van der Waals surface area contributed by atoms with Crippen LogP contribution in [0.4, 0.5) is 5.00 Å². The number of hydrogen-bond acceptors (Lipinski definition) is 5. The number of aromatic nitrogens is 4. The topological polar surface area (TPSA) is 55.6 Å². The Morgan fingerprint density at radius 1 is 1.33 bits per heavy atom. The highest BCUT2D eigenvalue weighted by molar-refractivity contribution is 7.10. The molecule has 0 saturated heterocycles. The largest absolute Gasteiger partial charge is 0.374 e. The van der Waals surface area contributed by atoms with Crippen molar-refractivity contribution in [2.24, 2.45) is 0 Å². The van der Waals surface area contributed by atoms with E-state index in [-0.39, 0.29) is 0 Å². The van der Waals surface area contributed by atoms with E-state index < -0.39 is 0 Å². The van der Waals surface area contributed by atoms with E-state index in [2.05, 4.69) is 39.1 Å². The molecule has 1 aromatic carbocycles. The molecule has 0 spiro atoms. The van der Waals surface area contributed by atoms with Gasteiger partial charge in [-0.05, 0) is 13.0 Å². The summed E-state index contributed by atoms with van der Waals surface area (Å²) >= 11 is 1.39. The third kappa shape index (κ3) is 1.95. The fourth-order valence-electron chi connectivity index (χ4n) is 1.90. The van der Waals surface area contributed by atoms with Crippen LogP contribution in [0.2, 0.25) is 0 Å². The molecule has 1 N–H and O–H groups in total. The van der Waals surface area contributed by atoms with Gasteiger partial charge in [-0.2, -0.15) is 5.10 Å². The number of hydrogen-bond donors (Lipinski definition) is 1. The van der Waals surface area contributed by atoms with Crippen LogP contribution >= 0.6 is 11.5 Å². The van der Waals surface area contributed by atoms with Gasteiger partial charge >= 0.3 is 0 Å². The lowest BCUT2D eigenvalue weighted by molar-refractivity contribution is 0.694. The zero-order chi connectivity index (χ0) is 12.4. The Kier molecular flexibility index (Phi) is 2.93. The molecule has 0 amide bonds. The predicted octanol–water partition coefficient (Wildman–Crippen LogP) is 2.37. The Balaban J connectivity index is 1.94. The van der Waals surface area contributed by atoms with Crippen LogP contribution in [0.3, 0.4) is 0 Å². The molecule has 0 aliphatic heterocycles. The molecule has 18 heavy (non-hydrogen) atoms. The Bertz CT molecular complexity index is 657. The number of nitrogens with zero attached hydrogens (tertiary/aromatic N) is 4. The first-order valence-electron chi connectivity index (χ1n) is 5.84. The monoisotopic (exact) mass is 259 g/mol. The molecule has 0 atom stereocenters. The molecule has 0 bridgehead atoms. The van der Waals surface area contributed by atoms with Gasteiger partial charge in [-0.1, -0.05) is 22.7 Å². The van der Waals surface area contributed by atoms with E-state index >= 15 is 0 Å². The second-order valence-corrected chi connectivity index (χ2v) is 4.69. The quantitative estimate of drug-likeness (QED) is 0.781. The van der Waals surface area contributed by atoms with Gasteiger partial charge in [0.15, 0.2) is 0 Å². The van der Waals surface area contributed by atoms with Gasteiger partial charge in [-0.15, -0.1) is 5.10 Å². The zero-order valence-corrected chi connectivity index (χ0v) is 10.8. The minimum atomic E-state index is 0.645. The molecule has 0 fully saturated rings. The summed E-state index contributed by atoms with van der Waals surface area (Å²) in [5.41, 5.74) is 2.06. The summed E-state index contributed by atoms with van der Waals surface area (Å²) in [5.74, 6) is 0.